The van der Waals surface area contributed by atoms with E-state index in [0.29, 0.717) is 0 Å². The van der Waals surface area contributed by atoms with Crippen LogP contribution in [0.4, 0.5) is 0 Å². The van der Waals surface area contributed by atoms with Gasteiger partial charge >= 0.3 is 0 Å². The number of ether oxygens (including phenoxy) is 1. The van der Waals surface area contributed by atoms with Crippen molar-refractivity contribution in [3.63, 3.8) is 0 Å². The van der Waals surface area contributed by atoms with Gasteiger partial charge in [0.2, 0.25) is 0 Å². The van der Waals surface area contributed by atoms with E-state index in [1.54, 1.807) is 24.1 Å². The van der Waals surface area contributed by atoms with Gasteiger partial charge in [-0.05, 0) is 30.4 Å². The molecule has 0 fully saturated rings. The lowest BCUT2D eigenvalue weighted by Crippen LogP contribution is -2.22. The standard InChI is InChI=1S/C19H18N4O2/c1-25-18-11-5-2-7-15(18)8-6-12-21-22-19(24)13-23-14-20-16-9-3-4-10-17(16)23/h2-12,14H,13H2,1H3,(H,22,24)/b8-6+,21-12-. The van der Waals surface area contributed by atoms with Gasteiger partial charge in [0.15, 0.2) is 0 Å². The fraction of sp³-hybridized carbons (Fsp3) is 0.105. The van der Waals surface area contributed by atoms with E-state index in [2.05, 4.69) is 15.5 Å². The maximum absolute atomic E-state index is 12.0. The lowest BCUT2D eigenvalue weighted by atomic mass is 10.2. The maximum atomic E-state index is 12.0. The molecule has 0 spiro atoms. The Morgan fingerprint density at radius 3 is 2.92 bits per heavy atom. The summed E-state index contributed by atoms with van der Waals surface area (Å²) in [6.07, 6.45) is 6.77. The quantitative estimate of drug-likeness (QED) is 0.557. The first-order chi connectivity index (χ1) is 12.3. The van der Waals surface area contributed by atoms with E-state index in [1.165, 1.54) is 6.21 Å². The monoisotopic (exact) mass is 334 g/mol. The fourth-order valence-corrected chi connectivity index (χ4v) is 2.43. The summed E-state index contributed by atoms with van der Waals surface area (Å²) in [5, 5.41) is 3.92. The lowest BCUT2D eigenvalue weighted by molar-refractivity contribution is -0.121. The molecule has 6 heteroatoms. The van der Waals surface area contributed by atoms with Crippen molar-refractivity contribution in [1.82, 2.24) is 15.0 Å². The van der Waals surface area contributed by atoms with Crippen LogP contribution in [0.5, 0.6) is 5.75 Å². The normalized spacial score (nSPS) is 11.4. The molecule has 1 aromatic heterocycles. The molecule has 0 unspecified atom stereocenters. The fourth-order valence-electron chi connectivity index (χ4n) is 2.43. The van der Waals surface area contributed by atoms with Crippen molar-refractivity contribution in [2.45, 2.75) is 6.54 Å². The van der Waals surface area contributed by atoms with Crippen LogP contribution in [-0.4, -0.2) is 28.8 Å². The molecule has 0 saturated heterocycles. The second-order valence-corrected chi connectivity index (χ2v) is 5.28. The Bertz CT molecular complexity index is 928. The molecular formula is C19H18N4O2. The first-order valence-electron chi connectivity index (χ1n) is 7.79. The summed E-state index contributed by atoms with van der Waals surface area (Å²) in [6.45, 7) is 0.161. The molecule has 0 aliphatic carbocycles. The average Bonchev–Trinajstić information content (AvgIpc) is 3.05. The molecule has 0 saturated carbocycles. The SMILES string of the molecule is COc1ccccc1/C=C/C=N\NC(=O)Cn1cnc2ccccc21. The summed E-state index contributed by atoms with van der Waals surface area (Å²) in [7, 11) is 1.63. The summed E-state index contributed by atoms with van der Waals surface area (Å²) in [5.41, 5.74) is 5.21. The number of methoxy groups -OCH3 is 1. The number of allylic oxidation sites excluding steroid dienone is 1. The van der Waals surface area contributed by atoms with Crippen molar-refractivity contribution in [3.05, 3.63) is 66.5 Å². The second kappa shape index (κ2) is 7.92. The average molecular weight is 334 g/mol. The van der Waals surface area contributed by atoms with Gasteiger partial charge in [-0.3, -0.25) is 4.79 Å². The summed E-state index contributed by atoms with van der Waals surface area (Å²) in [4.78, 5) is 16.2. The Labute approximate surface area is 145 Å². The number of nitrogens with one attached hydrogen (secondary N) is 1. The number of imidazole rings is 1. The molecule has 0 bridgehead atoms. The van der Waals surface area contributed by atoms with Crippen LogP contribution >= 0.6 is 0 Å². The number of rotatable bonds is 6. The number of nitrogens with zero attached hydrogens (tertiary/aromatic N) is 3. The zero-order valence-electron chi connectivity index (χ0n) is 13.8. The number of amides is 1. The number of aromatic nitrogens is 2. The summed E-state index contributed by atoms with van der Waals surface area (Å²) in [6, 6.07) is 15.3. The van der Waals surface area contributed by atoms with Crippen molar-refractivity contribution in [2.24, 2.45) is 5.10 Å². The molecule has 25 heavy (non-hydrogen) atoms. The van der Waals surface area contributed by atoms with E-state index in [0.717, 1.165) is 22.3 Å². The third kappa shape index (κ3) is 4.11. The third-order valence-corrected chi connectivity index (χ3v) is 3.61. The molecule has 6 nitrogen and oxygen atoms in total. The molecule has 0 atom stereocenters. The highest BCUT2D eigenvalue weighted by Gasteiger charge is 2.05. The van der Waals surface area contributed by atoms with Gasteiger partial charge in [-0.15, -0.1) is 0 Å². The van der Waals surface area contributed by atoms with Crippen molar-refractivity contribution < 1.29 is 9.53 Å². The molecule has 1 amide bonds. The van der Waals surface area contributed by atoms with Gasteiger partial charge in [0, 0.05) is 11.8 Å². The van der Waals surface area contributed by atoms with Gasteiger partial charge < -0.3 is 9.30 Å². The van der Waals surface area contributed by atoms with Crippen molar-refractivity contribution in [2.75, 3.05) is 7.11 Å². The maximum Gasteiger partial charge on any atom is 0.260 e. The lowest BCUT2D eigenvalue weighted by Gasteiger charge is -2.03. The van der Waals surface area contributed by atoms with Crippen molar-refractivity contribution in [1.29, 1.82) is 0 Å². The van der Waals surface area contributed by atoms with Gasteiger partial charge in [-0.2, -0.15) is 5.10 Å². The van der Waals surface area contributed by atoms with Gasteiger partial charge in [-0.1, -0.05) is 30.3 Å². The molecule has 3 rings (SSSR count). The molecular weight excluding hydrogens is 316 g/mol. The van der Waals surface area contributed by atoms with E-state index >= 15 is 0 Å². The number of fused-ring (bicyclic) bond motifs is 1. The number of benzene rings is 2. The third-order valence-electron chi connectivity index (χ3n) is 3.61. The number of para-hydroxylation sites is 3. The smallest absolute Gasteiger partial charge is 0.260 e. The number of carbonyl (C=O) groups is 1. The Balaban J connectivity index is 1.55. The predicted octanol–water partition coefficient (Wildman–Crippen LogP) is 2.86. The van der Waals surface area contributed by atoms with Crippen LogP contribution < -0.4 is 10.2 Å². The molecule has 126 valence electrons. The zero-order valence-corrected chi connectivity index (χ0v) is 13.8. The highest BCUT2D eigenvalue weighted by Crippen LogP contribution is 2.18. The first-order valence-corrected chi connectivity index (χ1v) is 7.79. The van der Waals surface area contributed by atoms with Crippen LogP contribution in [0.15, 0.2) is 66.0 Å². The number of hydrazone groups is 1. The second-order valence-electron chi connectivity index (χ2n) is 5.28. The zero-order chi connectivity index (χ0) is 17.5. The topological polar surface area (TPSA) is 68.5 Å². The minimum absolute atomic E-state index is 0.161. The van der Waals surface area contributed by atoms with Gasteiger partial charge in [0.25, 0.3) is 5.91 Å². The van der Waals surface area contributed by atoms with Crippen LogP contribution in [0, 0.1) is 0 Å². The van der Waals surface area contributed by atoms with Crippen LogP contribution in [0.1, 0.15) is 5.56 Å². The van der Waals surface area contributed by atoms with E-state index in [9.17, 15) is 4.79 Å². The molecule has 1 heterocycles. The molecule has 0 radical (unpaired) electrons. The Kier molecular flexibility index (Phi) is 5.21. The Hall–Kier alpha value is -3.41. The van der Waals surface area contributed by atoms with Gasteiger partial charge in [0.05, 0.1) is 24.5 Å². The highest BCUT2D eigenvalue weighted by atomic mass is 16.5. The van der Waals surface area contributed by atoms with Crippen molar-refractivity contribution >= 4 is 29.2 Å². The Morgan fingerprint density at radius 2 is 2.04 bits per heavy atom. The van der Waals surface area contributed by atoms with E-state index in [1.807, 2.05) is 54.6 Å². The molecule has 3 aromatic rings. The highest BCUT2D eigenvalue weighted by molar-refractivity contribution is 5.83. The summed E-state index contributed by atoms with van der Waals surface area (Å²) < 4.78 is 7.04. The summed E-state index contributed by atoms with van der Waals surface area (Å²) >= 11 is 0. The van der Waals surface area contributed by atoms with Gasteiger partial charge in [0.1, 0.15) is 12.3 Å². The van der Waals surface area contributed by atoms with Gasteiger partial charge in [-0.25, -0.2) is 10.4 Å². The van der Waals surface area contributed by atoms with E-state index in [-0.39, 0.29) is 12.5 Å². The van der Waals surface area contributed by atoms with Crippen LogP contribution in [-0.2, 0) is 11.3 Å². The minimum Gasteiger partial charge on any atom is -0.496 e. The van der Waals surface area contributed by atoms with Crippen LogP contribution in [0.2, 0.25) is 0 Å². The first kappa shape index (κ1) is 16.4. The number of carbonyl (C=O) groups excluding carboxylic acids is 1. The Morgan fingerprint density at radius 1 is 1.24 bits per heavy atom. The van der Waals surface area contributed by atoms with E-state index < -0.39 is 0 Å². The van der Waals surface area contributed by atoms with Crippen LogP contribution in [0.3, 0.4) is 0 Å². The molecule has 1 N–H and O–H groups in total. The molecule has 0 aliphatic heterocycles. The van der Waals surface area contributed by atoms with E-state index in [4.69, 9.17) is 4.74 Å². The summed E-state index contributed by atoms with van der Waals surface area (Å²) in [5.74, 6) is 0.563. The minimum atomic E-state index is -0.218. The van der Waals surface area contributed by atoms with Crippen molar-refractivity contribution in [3.8, 4) is 5.75 Å². The van der Waals surface area contributed by atoms with Crippen LogP contribution in [0.25, 0.3) is 17.1 Å². The number of hydrogen-bond donors (Lipinski definition) is 1. The predicted molar refractivity (Wildman–Crippen MR) is 98.4 cm³/mol. The molecule has 2 aromatic carbocycles. The largest absolute Gasteiger partial charge is 0.496 e. The number of hydrogen-bond acceptors (Lipinski definition) is 4. The molecule has 0 aliphatic rings.